The monoisotopic (exact) mass is 387 g/mol. The molecule has 0 bridgehead atoms. The summed E-state index contributed by atoms with van der Waals surface area (Å²) in [5, 5.41) is 2.04. The number of ether oxygens (including phenoxy) is 1. The first-order chi connectivity index (χ1) is 14.3. The summed E-state index contributed by atoms with van der Waals surface area (Å²) in [5.41, 5.74) is 1.66. The van der Waals surface area contributed by atoms with E-state index in [9.17, 15) is 4.79 Å². The zero-order chi connectivity index (χ0) is 19.6. The molecule has 5 rings (SSSR count). The summed E-state index contributed by atoms with van der Waals surface area (Å²) >= 11 is 0. The average molecular weight is 387 g/mol. The molecule has 4 aromatic rings. The third kappa shape index (κ3) is 3.49. The third-order valence-electron chi connectivity index (χ3n) is 5.32. The molecule has 2 aromatic carbocycles. The van der Waals surface area contributed by atoms with Crippen molar-refractivity contribution in [2.75, 3.05) is 37.7 Å². The Labute approximate surface area is 168 Å². The topological polar surface area (TPSA) is 58.8 Å². The lowest BCUT2D eigenvalue weighted by Crippen LogP contribution is -2.50. The van der Waals surface area contributed by atoms with E-state index in [1.807, 2.05) is 65.6 Å². The molecule has 0 atom stereocenters. The minimum atomic E-state index is 0.00261. The van der Waals surface area contributed by atoms with Crippen LogP contribution in [0.15, 0.2) is 71.3 Å². The van der Waals surface area contributed by atoms with Crippen molar-refractivity contribution in [2.24, 2.45) is 0 Å². The Bertz CT molecular complexity index is 1150. The van der Waals surface area contributed by atoms with Gasteiger partial charge in [0.2, 0.25) is 0 Å². The maximum Gasteiger partial charge on any atom is 0.260 e. The summed E-state index contributed by atoms with van der Waals surface area (Å²) in [6, 6.07) is 19.5. The van der Waals surface area contributed by atoms with Crippen molar-refractivity contribution in [1.29, 1.82) is 0 Å². The summed E-state index contributed by atoms with van der Waals surface area (Å²) in [4.78, 5) is 21.0. The number of fused-ring (bicyclic) bond motifs is 3. The highest BCUT2D eigenvalue weighted by molar-refractivity contribution is 6.05. The van der Waals surface area contributed by atoms with Crippen molar-refractivity contribution in [2.45, 2.75) is 0 Å². The number of carbonyl (C=O) groups is 1. The smallest absolute Gasteiger partial charge is 0.260 e. The average Bonchev–Trinajstić information content (AvgIpc) is 3.16. The van der Waals surface area contributed by atoms with Crippen molar-refractivity contribution >= 4 is 33.7 Å². The van der Waals surface area contributed by atoms with Crippen molar-refractivity contribution in [3.05, 3.63) is 66.9 Å². The van der Waals surface area contributed by atoms with E-state index in [0.29, 0.717) is 18.8 Å². The number of pyridine rings is 1. The zero-order valence-electron chi connectivity index (χ0n) is 16.0. The number of anilines is 1. The summed E-state index contributed by atoms with van der Waals surface area (Å²) in [7, 11) is 0. The molecule has 0 aliphatic carbocycles. The lowest BCUT2D eigenvalue weighted by atomic mass is 10.1. The van der Waals surface area contributed by atoms with Crippen LogP contribution in [0, 0.1) is 0 Å². The van der Waals surface area contributed by atoms with E-state index in [4.69, 9.17) is 9.15 Å². The maximum absolute atomic E-state index is 12.6. The highest BCUT2D eigenvalue weighted by atomic mass is 16.5. The number of aromatic nitrogens is 1. The first-order valence-electron chi connectivity index (χ1n) is 9.76. The number of carbonyl (C=O) groups excluding carboxylic acids is 1. The van der Waals surface area contributed by atoms with Crippen LogP contribution in [0.1, 0.15) is 0 Å². The van der Waals surface area contributed by atoms with E-state index < -0.39 is 0 Å². The van der Waals surface area contributed by atoms with Crippen LogP contribution < -0.4 is 9.64 Å². The Morgan fingerprint density at radius 2 is 1.72 bits per heavy atom. The summed E-state index contributed by atoms with van der Waals surface area (Å²) in [5.74, 6) is 1.63. The van der Waals surface area contributed by atoms with Crippen LogP contribution in [0.4, 0.5) is 5.82 Å². The second kappa shape index (κ2) is 7.47. The molecule has 0 saturated carbocycles. The van der Waals surface area contributed by atoms with Crippen molar-refractivity contribution in [3.63, 3.8) is 0 Å². The van der Waals surface area contributed by atoms with E-state index in [1.54, 1.807) is 6.20 Å². The van der Waals surface area contributed by atoms with Crippen LogP contribution in [-0.4, -0.2) is 48.6 Å². The molecule has 1 aliphatic heterocycles. The van der Waals surface area contributed by atoms with Gasteiger partial charge in [-0.3, -0.25) is 4.79 Å². The molecule has 0 spiro atoms. The first kappa shape index (κ1) is 17.6. The van der Waals surface area contributed by atoms with Gasteiger partial charge in [-0.15, -0.1) is 0 Å². The standard InChI is InChI=1S/C23H21N3O3/c27-23(26-13-11-25(12-14-26)22-7-3-4-10-24-22)16-28-17-8-9-21-19(15-17)18-5-1-2-6-20(18)29-21/h1-10,15H,11-14,16H2. The molecular weight excluding hydrogens is 366 g/mol. The van der Waals surface area contributed by atoms with Gasteiger partial charge in [-0.2, -0.15) is 0 Å². The van der Waals surface area contributed by atoms with Gasteiger partial charge in [-0.25, -0.2) is 4.98 Å². The number of piperazine rings is 1. The van der Waals surface area contributed by atoms with Gasteiger partial charge in [-0.1, -0.05) is 24.3 Å². The number of para-hydroxylation sites is 1. The van der Waals surface area contributed by atoms with E-state index in [0.717, 1.165) is 40.8 Å². The molecule has 1 saturated heterocycles. The van der Waals surface area contributed by atoms with Crippen LogP contribution in [-0.2, 0) is 4.79 Å². The Morgan fingerprint density at radius 3 is 2.55 bits per heavy atom. The minimum absolute atomic E-state index is 0.00261. The van der Waals surface area contributed by atoms with Gasteiger partial charge in [0.15, 0.2) is 6.61 Å². The highest BCUT2D eigenvalue weighted by Gasteiger charge is 2.22. The van der Waals surface area contributed by atoms with Crippen LogP contribution >= 0.6 is 0 Å². The largest absolute Gasteiger partial charge is 0.484 e. The van der Waals surface area contributed by atoms with Crippen molar-refractivity contribution < 1.29 is 13.9 Å². The number of benzene rings is 2. The molecule has 1 aliphatic rings. The first-order valence-corrected chi connectivity index (χ1v) is 9.76. The molecule has 146 valence electrons. The number of hydrogen-bond acceptors (Lipinski definition) is 5. The van der Waals surface area contributed by atoms with Crippen molar-refractivity contribution in [1.82, 2.24) is 9.88 Å². The molecule has 0 unspecified atom stereocenters. The van der Waals surface area contributed by atoms with Gasteiger partial charge in [0.05, 0.1) is 0 Å². The van der Waals surface area contributed by atoms with Gasteiger partial charge in [-0.05, 0) is 36.4 Å². The van der Waals surface area contributed by atoms with Gasteiger partial charge >= 0.3 is 0 Å². The molecule has 6 heteroatoms. The number of hydrogen-bond donors (Lipinski definition) is 0. The quantitative estimate of drug-likeness (QED) is 0.534. The number of nitrogens with zero attached hydrogens (tertiary/aromatic N) is 3. The third-order valence-corrected chi connectivity index (χ3v) is 5.32. The van der Waals surface area contributed by atoms with E-state index in [2.05, 4.69) is 9.88 Å². The lowest BCUT2D eigenvalue weighted by molar-refractivity contribution is -0.133. The molecule has 0 N–H and O–H groups in total. The summed E-state index contributed by atoms with van der Waals surface area (Å²) < 4.78 is 11.6. The molecule has 2 aromatic heterocycles. The van der Waals surface area contributed by atoms with E-state index in [-0.39, 0.29) is 12.5 Å². The fourth-order valence-corrected chi connectivity index (χ4v) is 3.76. The zero-order valence-corrected chi connectivity index (χ0v) is 16.0. The minimum Gasteiger partial charge on any atom is -0.484 e. The molecule has 0 radical (unpaired) electrons. The van der Waals surface area contributed by atoms with E-state index >= 15 is 0 Å². The second-order valence-electron chi connectivity index (χ2n) is 7.10. The van der Waals surface area contributed by atoms with Gasteiger partial charge < -0.3 is 19.0 Å². The molecule has 3 heterocycles. The Morgan fingerprint density at radius 1 is 0.931 bits per heavy atom. The van der Waals surface area contributed by atoms with Crippen LogP contribution in [0.3, 0.4) is 0 Å². The van der Waals surface area contributed by atoms with Gasteiger partial charge in [0.25, 0.3) is 5.91 Å². The molecular formula is C23H21N3O3. The molecule has 29 heavy (non-hydrogen) atoms. The van der Waals surface area contributed by atoms with Crippen LogP contribution in [0.25, 0.3) is 21.9 Å². The Kier molecular flexibility index (Phi) is 4.52. The number of amides is 1. The Balaban J connectivity index is 1.21. The predicted molar refractivity (Wildman–Crippen MR) is 112 cm³/mol. The van der Waals surface area contributed by atoms with Gasteiger partial charge in [0, 0.05) is 43.1 Å². The Hall–Kier alpha value is -3.54. The number of rotatable bonds is 4. The van der Waals surface area contributed by atoms with Crippen molar-refractivity contribution in [3.8, 4) is 5.75 Å². The fourth-order valence-electron chi connectivity index (χ4n) is 3.76. The maximum atomic E-state index is 12.6. The van der Waals surface area contributed by atoms with Crippen LogP contribution in [0.5, 0.6) is 5.75 Å². The normalized spacial score (nSPS) is 14.5. The molecule has 1 fully saturated rings. The summed E-state index contributed by atoms with van der Waals surface area (Å²) in [6.45, 7) is 2.92. The van der Waals surface area contributed by atoms with Crippen LogP contribution in [0.2, 0.25) is 0 Å². The highest BCUT2D eigenvalue weighted by Crippen LogP contribution is 2.31. The summed E-state index contributed by atoms with van der Waals surface area (Å²) in [6.07, 6.45) is 1.79. The SMILES string of the molecule is O=C(COc1ccc2oc3ccccc3c2c1)N1CCN(c2ccccn2)CC1. The molecule has 6 nitrogen and oxygen atoms in total. The predicted octanol–water partition coefficient (Wildman–Crippen LogP) is 3.71. The second-order valence-corrected chi connectivity index (χ2v) is 7.10. The van der Waals surface area contributed by atoms with Gasteiger partial charge in [0.1, 0.15) is 22.7 Å². The lowest BCUT2D eigenvalue weighted by Gasteiger charge is -2.35. The molecule has 1 amide bonds. The van der Waals surface area contributed by atoms with E-state index in [1.165, 1.54) is 0 Å². The number of furan rings is 1. The fraction of sp³-hybridized carbons (Fsp3) is 0.217.